The topological polar surface area (TPSA) is 203 Å². The minimum Gasteiger partial charge on any atom is -0.507 e. The van der Waals surface area contributed by atoms with E-state index >= 15 is 0 Å². The molecule has 0 saturated carbocycles. The number of methoxy groups -OCH3 is 2. The van der Waals surface area contributed by atoms with Gasteiger partial charge in [-0.15, -0.1) is 0 Å². The van der Waals surface area contributed by atoms with E-state index in [1.165, 1.54) is 37.3 Å². The maximum atomic E-state index is 14.1. The van der Waals surface area contributed by atoms with Gasteiger partial charge >= 0.3 is 6.09 Å². The van der Waals surface area contributed by atoms with Crippen molar-refractivity contribution in [2.45, 2.75) is 74.9 Å². The number of ketones is 3. The summed E-state index contributed by atoms with van der Waals surface area (Å²) in [4.78, 5) is 60.5. The van der Waals surface area contributed by atoms with E-state index in [2.05, 4.69) is 9.80 Å². The van der Waals surface area contributed by atoms with Gasteiger partial charge < -0.3 is 58.3 Å². The number of phenols is 2. The van der Waals surface area contributed by atoms with Crippen molar-refractivity contribution in [1.29, 1.82) is 0 Å². The molecule has 2 aromatic rings. The average molecular weight is 768 g/mol. The molecule has 55 heavy (non-hydrogen) atoms. The number of amides is 1. The Labute approximate surface area is 316 Å². The summed E-state index contributed by atoms with van der Waals surface area (Å²) in [5.41, 5.74) is -3.60. The fourth-order valence-corrected chi connectivity index (χ4v) is 8.88. The van der Waals surface area contributed by atoms with E-state index in [4.69, 9.17) is 33.2 Å². The number of piperazine rings is 1. The van der Waals surface area contributed by atoms with Gasteiger partial charge in [0, 0.05) is 81.8 Å². The summed E-state index contributed by atoms with van der Waals surface area (Å²) in [6.45, 7) is 4.07. The molecule has 4 aliphatic heterocycles. The van der Waals surface area contributed by atoms with Crippen molar-refractivity contribution in [3.63, 3.8) is 0 Å². The molecule has 2 aromatic carbocycles. The highest BCUT2D eigenvalue weighted by molar-refractivity contribution is 6.31. The zero-order valence-electron chi connectivity index (χ0n) is 31.0. The molecule has 17 heteroatoms. The fourth-order valence-electron chi connectivity index (χ4n) is 8.88. The number of rotatable bonds is 7. The van der Waals surface area contributed by atoms with Gasteiger partial charge in [0.15, 0.2) is 31.2 Å². The third kappa shape index (κ3) is 6.26. The van der Waals surface area contributed by atoms with Crippen LogP contribution in [0.4, 0.5) is 4.79 Å². The van der Waals surface area contributed by atoms with Crippen LogP contribution >= 0.6 is 0 Å². The summed E-state index contributed by atoms with van der Waals surface area (Å²) in [6.07, 6.45) is -5.80. The number of aliphatic hydroxyl groups is 1. The molecule has 17 nitrogen and oxygen atoms in total. The number of ether oxygens (including phenoxy) is 7. The second-order valence-electron chi connectivity index (χ2n) is 15.0. The number of morpholine rings is 1. The molecule has 0 radical (unpaired) electrons. The van der Waals surface area contributed by atoms with Gasteiger partial charge in [0.25, 0.3) is 0 Å². The molecule has 8 rings (SSSR count). The van der Waals surface area contributed by atoms with Crippen LogP contribution in [-0.4, -0.2) is 163 Å². The lowest BCUT2D eigenvalue weighted by atomic mass is 9.72. The molecule has 8 atom stereocenters. The summed E-state index contributed by atoms with van der Waals surface area (Å²) < 4.78 is 41.2. The van der Waals surface area contributed by atoms with Crippen molar-refractivity contribution in [2.24, 2.45) is 0 Å². The molecule has 0 bridgehead atoms. The number of carbonyl (C=O) groups is 4. The molecular formula is C38H45N3O14. The number of nitrogens with zero attached hydrogens (tertiary/aromatic N) is 3. The summed E-state index contributed by atoms with van der Waals surface area (Å²) in [5.74, 6) is -3.62. The first-order chi connectivity index (χ1) is 26.3. The highest BCUT2D eigenvalue weighted by Gasteiger charge is 2.55. The Morgan fingerprint density at radius 3 is 2.45 bits per heavy atom. The van der Waals surface area contributed by atoms with Gasteiger partial charge in [0.05, 0.1) is 42.6 Å². The maximum absolute atomic E-state index is 14.1. The van der Waals surface area contributed by atoms with Crippen molar-refractivity contribution in [3.8, 4) is 17.2 Å². The molecule has 3 N–H and O–H groups in total. The predicted octanol–water partition coefficient (Wildman–Crippen LogP) is 1.10. The number of likely N-dealkylation sites (N-methyl/N-ethyl adjacent to an activating group) is 1. The zero-order chi connectivity index (χ0) is 38.9. The lowest BCUT2D eigenvalue weighted by Gasteiger charge is -2.43. The maximum Gasteiger partial charge on any atom is 0.410 e. The summed E-state index contributed by atoms with van der Waals surface area (Å²) in [7, 11) is 4.81. The number of phenolic OH excluding ortho intramolecular Hbond substituents is 2. The van der Waals surface area contributed by atoms with Crippen LogP contribution in [0.25, 0.3) is 0 Å². The van der Waals surface area contributed by atoms with Crippen LogP contribution in [0, 0.1) is 0 Å². The van der Waals surface area contributed by atoms with Crippen molar-refractivity contribution in [1.82, 2.24) is 14.7 Å². The molecule has 296 valence electrons. The fraction of sp³-hybridized carbons (Fsp3) is 0.579. The molecule has 1 amide bonds. The molecule has 0 aromatic heterocycles. The number of benzene rings is 2. The van der Waals surface area contributed by atoms with E-state index in [-0.39, 0.29) is 46.6 Å². The second-order valence-corrected chi connectivity index (χ2v) is 15.0. The first-order valence-corrected chi connectivity index (χ1v) is 18.4. The van der Waals surface area contributed by atoms with Crippen LogP contribution in [0.5, 0.6) is 17.2 Å². The number of hydrogen-bond donors (Lipinski definition) is 3. The number of hydrogen-bond acceptors (Lipinski definition) is 16. The molecule has 2 aliphatic carbocycles. The van der Waals surface area contributed by atoms with E-state index < -0.39 is 102 Å². The molecule has 6 aliphatic rings. The number of fused-ring (bicyclic) bond motifs is 6. The van der Waals surface area contributed by atoms with Crippen LogP contribution in [-0.2, 0) is 39.6 Å². The molecule has 4 saturated heterocycles. The van der Waals surface area contributed by atoms with Crippen LogP contribution in [0.1, 0.15) is 68.8 Å². The Bertz CT molecular complexity index is 1910. The first-order valence-electron chi connectivity index (χ1n) is 18.4. The van der Waals surface area contributed by atoms with Crippen molar-refractivity contribution < 1.29 is 67.7 Å². The van der Waals surface area contributed by atoms with Crippen molar-refractivity contribution in [2.75, 3.05) is 67.2 Å². The smallest absolute Gasteiger partial charge is 0.410 e. The second kappa shape index (κ2) is 14.4. The van der Waals surface area contributed by atoms with Crippen LogP contribution in [0.3, 0.4) is 0 Å². The van der Waals surface area contributed by atoms with Gasteiger partial charge in [-0.1, -0.05) is 12.1 Å². The quantitative estimate of drug-likeness (QED) is 0.288. The molecule has 0 unspecified atom stereocenters. The summed E-state index contributed by atoms with van der Waals surface area (Å²) >= 11 is 0. The summed E-state index contributed by atoms with van der Waals surface area (Å²) in [6, 6.07) is 4.24. The van der Waals surface area contributed by atoms with Gasteiger partial charge in [-0.3, -0.25) is 19.3 Å². The van der Waals surface area contributed by atoms with Crippen molar-refractivity contribution >= 4 is 23.4 Å². The number of Topliss-reactive ketones (excluding diaryl/α,β-unsaturated/α-hetero) is 1. The number of carbonyl (C=O) groups excluding carboxylic acids is 4. The van der Waals surface area contributed by atoms with Crippen molar-refractivity contribution in [3.05, 3.63) is 51.6 Å². The highest BCUT2D eigenvalue weighted by atomic mass is 16.7. The van der Waals surface area contributed by atoms with E-state index in [0.717, 1.165) is 0 Å². The first kappa shape index (κ1) is 37.7. The van der Waals surface area contributed by atoms with E-state index in [1.807, 2.05) is 14.0 Å². The van der Waals surface area contributed by atoms with Gasteiger partial charge in [-0.05, 0) is 20.0 Å². The Kier molecular flexibility index (Phi) is 9.86. The predicted molar refractivity (Wildman–Crippen MR) is 187 cm³/mol. The Morgan fingerprint density at radius 2 is 1.73 bits per heavy atom. The normalized spacial score (nSPS) is 31.9. The van der Waals surface area contributed by atoms with E-state index in [1.54, 1.807) is 0 Å². The number of aromatic hydroxyl groups is 2. The average Bonchev–Trinajstić information content (AvgIpc) is 3.56. The summed E-state index contributed by atoms with van der Waals surface area (Å²) in [5, 5.41) is 36.0. The lowest BCUT2D eigenvalue weighted by molar-refractivity contribution is -0.256. The van der Waals surface area contributed by atoms with Gasteiger partial charge in [0.1, 0.15) is 29.0 Å². The monoisotopic (exact) mass is 767 g/mol. The van der Waals surface area contributed by atoms with Gasteiger partial charge in [-0.2, -0.15) is 0 Å². The standard InChI is InChI=1S/C38H45N3O14/c1-18-34-21(41-12-13-51-36(50-4)35(41)55-34)14-25(53-18)54-23-16-38(48,24(42)17-52-37(47)40-10-8-39(2)9-11-40)15-20-27(23)33(46)29-28(31(20)44)30(43)19-6-5-7-22(49-3)26(19)32(29)45/h5-7,18,21,23,25,34-36,44,46,48H,8-17H2,1-4H3/t18-,21-,23-,25-,34+,35+,36-,38-/m0/s1. The molecule has 4 heterocycles. The van der Waals surface area contributed by atoms with Gasteiger partial charge in [-0.25, -0.2) is 4.79 Å². The minimum atomic E-state index is -2.30. The Hall–Kier alpha value is -4.20. The Morgan fingerprint density at radius 1 is 0.982 bits per heavy atom. The minimum absolute atomic E-state index is 0.0488. The lowest BCUT2D eigenvalue weighted by Crippen LogP contribution is -2.55. The molecule has 4 fully saturated rings. The van der Waals surface area contributed by atoms with Crippen LogP contribution in [0.15, 0.2) is 18.2 Å². The van der Waals surface area contributed by atoms with Gasteiger partial charge in [0.2, 0.25) is 11.6 Å². The molecule has 0 spiro atoms. The zero-order valence-corrected chi connectivity index (χ0v) is 31.0. The molecular weight excluding hydrogens is 722 g/mol. The van der Waals surface area contributed by atoms with E-state index in [9.17, 15) is 34.5 Å². The Balaban J connectivity index is 1.14. The van der Waals surface area contributed by atoms with Crippen LogP contribution in [0.2, 0.25) is 0 Å². The van der Waals surface area contributed by atoms with E-state index in [0.29, 0.717) is 39.3 Å². The SMILES string of the molecule is COc1cccc2c1C(=O)c1c(O)c3c(c(O)c1C2=O)C[C@@](O)(C(=O)COC(=O)N1CCN(C)CC1)C[C@@H]3O[C@H]1C[C@H]2[C@H](O[C@@H]3[C@@H](OC)OCCN32)[C@H](C)O1. The highest BCUT2D eigenvalue weighted by Crippen LogP contribution is 2.53. The van der Waals surface area contributed by atoms with Crippen LogP contribution < -0.4 is 4.74 Å². The largest absolute Gasteiger partial charge is 0.507 e. The third-order valence-electron chi connectivity index (χ3n) is 11.8. The third-order valence-corrected chi connectivity index (χ3v) is 11.8.